The zero-order chi connectivity index (χ0) is 14.3. The second-order valence-corrected chi connectivity index (χ2v) is 5.40. The van der Waals surface area contributed by atoms with Crippen LogP contribution >= 0.6 is 15.9 Å². The monoisotopic (exact) mass is 333 g/mol. The summed E-state index contributed by atoms with van der Waals surface area (Å²) < 4.78 is 15.9. The molecule has 5 heteroatoms. The van der Waals surface area contributed by atoms with E-state index in [1.807, 2.05) is 22.8 Å². The molecule has 0 radical (unpaired) electrons. The van der Waals surface area contributed by atoms with E-state index < -0.39 is 0 Å². The number of para-hydroxylation sites is 1. The lowest BCUT2D eigenvalue weighted by Gasteiger charge is -2.11. The zero-order valence-corrected chi connectivity index (χ0v) is 12.5. The molecule has 0 aliphatic heterocycles. The van der Waals surface area contributed by atoms with Gasteiger partial charge in [0, 0.05) is 6.07 Å². The van der Waals surface area contributed by atoms with Gasteiger partial charge in [0.25, 0.3) is 0 Å². The summed E-state index contributed by atoms with van der Waals surface area (Å²) in [7, 11) is 0. The van der Waals surface area contributed by atoms with E-state index in [0.29, 0.717) is 15.9 Å². The van der Waals surface area contributed by atoms with Gasteiger partial charge in [0.1, 0.15) is 5.82 Å². The lowest BCUT2D eigenvalue weighted by atomic mass is 10.1. The zero-order valence-electron chi connectivity index (χ0n) is 10.9. The van der Waals surface area contributed by atoms with Crippen molar-refractivity contribution in [3.8, 4) is 5.69 Å². The van der Waals surface area contributed by atoms with Crippen molar-refractivity contribution < 1.29 is 4.39 Å². The van der Waals surface area contributed by atoms with Gasteiger partial charge in [-0.1, -0.05) is 25.1 Å². The first kappa shape index (κ1) is 13.1. The fourth-order valence-electron chi connectivity index (χ4n) is 2.37. The van der Waals surface area contributed by atoms with E-state index >= 15 is 0 Å². The first-order chi connectivity index (χ1) is 9.61. The molecule has 0 bridgehead atoms. The molecule has 3 rings (SSSR count). The molecule has 3 nitrogen and oxygen atoms in total. The van der Waals surface area contributed by atoms with Crippen molar-refractivity contribution in [3.63, 3.8) is 0 Å². The van der Waals surface area contributed by atoms with E-state index in [-0.39, 0.29) is 5.82 Å². The standard InChI is InChI=1S/C15H13BrFN3/c1-2-9-5-3-4-6-13(9)20-14-7-10(16)11(17)8-12(14)19-15(20)18/h3-8H,2H2,1H3,(H2,18,19). The molecule has 0 saturated carbocycles. The predicted octanol–water partition coefficient (Wildman–Crippen LogP) is 4.07. The van der Waals surface area contributed by atoms with Crippen LogP contribution in [0.3, 0.4) is 0 Å². The molecular formula is C15H13BrFN3. The van der Waals surface area contributed by atoms with Crippen LogP contribution < -0.4 is 5.73 Å². The molecule has 1 heterocycles. The summed E-state index contributed by atoms with van der Waals surface area (Å²) in [5.41, 5.74) is 9.51. The lowest BCUT2D eigenvalue weighted by molar-refractivity contribution is 0.623. The number of anilines is 1. The minimum absolute atomic E-state index is 0.342. The fourth-order valence-corrected chi connectivity index (χ4v) is 2.70. The summed E-state index contributed by atoms with van der Waals surface area (Å²) in [6.07, 6.45) is 0.887. The van der Waals surface area contributed by atoms with Crippen LogP contribution in [0.15, 0.2) is 40.9 Å². The van der Waals surface area contributed by atoms with Crippen molar-refractivity contribution in [3.05, 3.63) is 52.3 Å². The topological polar surface area (TPSA) is 43.8 Å². The van der Waals surface area contributed by atoms with Crippen LogP contribution in [0.4, 0.5) is 10.3 Å². The highest BCUT2D eigenvalue weighted by molar-refractivity contribution is 9.10. The van der Waals surface area contributed by atoms with Crippen LogP contribution in [0.5, 0.6) is 0 Å². The Morgan fingerprint density at radius 3 is 2.80 bits per heavy atom. The van der Waals surface area contributed by atoms with E-state index in [2.05, 4.69) is 33.9 Å². The van der Waals surface area contributed by atoms with Crippen LogP contribution in [0, 0.1) is 5.82 Å². The number of benzene rings is 2. The molecule has 3 aromatic rings. The minimum atomic E-state index is -0.342. The van der Waals surface area contributed by atoms with Gasteiger partial charge < -0.3 is 5.73 Å². The van der Waals surface area contributed by atoms with E-state index in [4.69, 9.17) is 5.73 Å². The van der Waals surface area contributed by atoms with E-state index in [1.54, 1.807) is 6.07 Å². The largest absolute Gasteiger partial charge is 0.369 e. The first-order valence-electron chi connectivity index (χ1n) is 6.33. The highest BCUT2D eigenvalue weighted by atomic mass is 79.9. The number of nitrogens with zero attached hydrogens (tertiary/aromatic N) is 2. The predicted molar refractivity (Wildman–Crippen MR) is 82.5 cm³/mol. The maximum Gasteiger partial charge on any atom is 0.205 e. The van der Waals surface area contributed by atoms with Crippen molar-refractivity contribution >= 4 is 32.9 Å². The van der Waals surface area contributed by atoms with Crippen LogP contribution in [-0.4, -0.2) is 9.55 Å². The molecule has 0 aliphatic rings. The summed E-state index contributed by atoms with van der Waals surface area (Å²) in [5, 5.41) is 0. The van der Waals surface area contributed by atoms with E-state index in [0.717, 1.165) is 17.6 Å². The van der Waals surface area contributed by atoms with Gasteiger partial charge in [-0.2, -0.15) is 0 Å². The molecule has 20 heavy (non-hydrogen) atoms. The number of hydrogen-bond donors (Lipinski definition) is 1. The third-order valence-electron chi connectivity index (χ3n) is 3.34. The smallest absolute Gasteiger partial charge is 0.205 e. The summed E-state index contributed by atoms with van der Waals surface area (Å²) in [4.78, 5) is 4.25. The second-order valence-electron chi connectivity index (χ2n) is 4.54. The molecule has 0 saturated heterocycles. The van der Waals surface area contributed by atoms with E-state index in [9.17, 15) is 4.39 Å². The Labute approximate surface area is 124 Å². The Kier molecular flexibility index (Phi) is 3.22. The summed E-state index contributed by atoms with van der Waals surface area (Å²) in [6.45, 7) is 2.09. The molecule has 0 aliphatic carbocycles. The number of fused-ring (bicyclic) bond motifs is 1. The number of aryl methyl sites for hydroxylation is 1. The number of halogens is 2. The van der Waals surface area contributed by atoms with Gasteiger partial charge in [0.2, 0.25) is 5.95 Å². The Morgan fingerprint density at radius 1 is 1.30 bits per heavy atom. The van der Waals surface area contributed by atoms with E-state index in [1.165, 1.54) is 11.6 Å². The summed E-state index contributed by atoms with van der Waals surface area (Å²) in [6, 6.07) is 11.1. The Hall–Kier alpha value is -1.88. The first-order valence-corrected chi connectivity index (χ1v) is 7.12. The van der Waals surface area contributed by atoms with Crippen molar-refractivity contribution in [2.75, 3.05) is 5.73 Å². The number of imidazole rings is 1. The Balaban J connectivity index is 2.36. The molecule has 0 spiro atoms. The maximum atomic E-state index is 13.6. The van der Waals surface area contributed by atoms with Crippen LogP contribution in [0.1, 0.15) is 12.5 Å². The number of nitrogen functional groups attached to an aromatic ring is 1. The van der Waals surface area contributed by atoms with Crippen LogP contribution in [-0.2, 0) is 6.42 Å². The average Bonchev–Trinajstić information content (AvgIpc) is 2.74. The van der Waals surface area contributed by atoms with Crippen LogP contribution in [0.2, 0.25) is 0 Å². The van der Waals surface area contributed by atoms with Crippen molar-refractivity contribution in [1.29, 1.82) is 0 Å². The quantitative estimate of drug-likeness (QED) is 0.768. The van der Waals surface area contributed by atoms with Gasteiger partial charge in [-0.05, 0) is 40.0 Å². The molecule has 2 N–H and O–H groups in total. The Morgan fingerprint density at radius 2 is 2.05 bits per heavy atom. The Bertz CT molecular complexity index is 795. The number of aromatic nitrogens is 2. The molecule has 1 aromatic heterocycles. The SMILES string of the molecule is CCc1ccccc1-n1c(N)nc2cc(F)c(Br)cc21. The minimum Gasteiger partial charge on any atom is -0.369 e. The fraction of sp³-hybridized carbons (Fsp3) is 0.133. The third kappa shape index (κ3) is 1.98. The van der Waals surface area contributed by atoms with Crippen molar-refractivity contribution in [2.45, 2.75) is 13.3 Å². The lowest BCUT2D eigenvalue weighted by Crippen LogP contribution is -2.03. The summed E-state index contributed by atoms with van der Waals surface area (Å²) in [5.74, 6) is 0.0179. The normalized spacial score (nSPS) is 11.2. The highest BCUT2D eigenvalue weighted by Crippen LogP contribution is 2.29. The number of rotatable bonds is 2. The molecule has 0 fully saturated rings. The molecule has 0 unspecified atom stereocenters. The average molecular weight is 334 g/mol. The number of hydrogen-bond acceptors (Lipinski definition) is 2. The van der Waals surface area contributed by atoms with Gasteiger partial charge in [-0.15, -0.1) is 0 Å². The van der Waals surface area contributed by atoms with Crippen molar-refractivity contribution in [2.24, 2.45) is 0 Å². The summed E-state index contributed by atoms with van der Waals surface area (Å²) >= 11 is 3.21. The molecule has 102 valence electrons. The van der Waals surface area contributed by atoms with Gasteiger partial charge in [-0.3, -0.25) is 4.57 Å². The maximum absolute atomic E-state index is 13.6. The molecule has 0 atom stereocenters. The van der Waals surface area contributed by atoms with Gasteiger partial charge >= 0.3 is 0 Å². The number of nitrogens with two attached hydrogens (primary N) is 1. The molecule has 0 amide bonds. The van der Waals surface area contributed by atoms with Crippen LogP contribution in [0.25, 0.3) is 16.7 Å². The second kappa shape index (κ2) is 4.90. The molecular weight excluding hydrogens is 321 g/mol. The van der Waals surface area contributed by atoms with Gasteiger partial charge in [-0.25, -0.2) is 9.37 Å². The third-order valence-corrected chi connectivity index (χ3v) is 3.94. The molecule has 2 aromatic carbocycles. The van der Waals surface area contributed by atoms with Gasteiger partial charge in [0.05, 0.1) is 21.2 Å². The van der Waals surface area contributed by atoms with Crippen molar-refractivity contribution in [1.82, 2.24) is 9.55 Å². The van der Waals surface area contributed by atoms with Gasteiger partial charge in [0.15, 0.2) is 0 Å². The highest BCUT2D eigenvalue weighted by Gasteiger charge is 2.14.